The fourth-order valence-electron chi connectivity index (χ4n) is 16.8. The molecule has 0 heterocycles. The van der Waals surface area contributed by atoms with Crippen LogP contribution in [0.25, 0.3) is 0 Å². The van der Waals surface area contributed by atoms with E-state index in [0.717, 1.165) is 128 Å². The highest BCUT2D eigenvalue weighted by Gasteiger charge is 2.47. The Morgan fingerprint density at radius 2 is 0.815 bits per heavy atom. The Labute approximate surface area is 490 Å². The summed E-state index contributed by atoms with van der Waals surface area (Å²) in [5, 5.41) is 58.9. The molecule has 0 amide bonds. The summed E-state index contributed by atoms with van der Waals surface area (Å²) in [6, 6.07) is 23.2. The normalized spacial score (nSPS) is 32.4. The number of terminal acetylenes is 2. The summed E-state index contributed by atoms with van der Waals surface area (Å²) in [4.78, 5) is 23.8. The topological polar surface area (TPSA) is 156 Å². The van der Waals surface area contributed by atoms with Crippen LogP contribution in [-0.2, 0) is 35.3 Å². The highest BCUT2D eigenvalue weighted by atomic mass is 32.1. The molecule has 0 saturated heterocycles. The summed E-state index contributed by atoms with van der Waals surface area (Å²) in [7, 11) is 0. The number of phenols is 4. The number of hydrogen-bond donors (Lipinski definition) is 6. The molecule has 81 heavy (non-hydrogen) atoms. The molecule has 0 spiro atoms. The van der Waals surface area contributed by atoms with E-state index in [0.29, 0.717) is 76.1 Å². The standard InChI is InChI=1S/C19H24O2.C18H22O2.C18H20O2.C17H22O2.H2S/c1-3-4-18(21)19(2)10-9-17-14(12-19)6-5-13-11-15(20)7-8-16(13)17;2*1-3-17(20)18(2)9-8-16-13(11-18)5-4-12-10-14(19)6-7-15(12)16;1-11(18)17(2)8-7-16-13(10-17)4-3-12-9-14(19)5-6-15(12)16;/h7-8,11,14,17-18,20-21H,5-6,9-10,12H2,1-2H3;1,6-7,10,13,16-17,19-20H,4-5,8-9,11H2,2H3;1,6-7,10,13,16,19H,4-5,8-9,11H2,2H3;5-6,9,13,16,19H,3-4,7-8,10H2,1-2H3;1H2/t14?,17?,18?,19-;13?,16?,17-,18-;13?,16?,18-;13?,16?,17-;/m0000./s1. The van der Waals surface area contributed by atoms with Crippen LogP contribution < -0.4 is 0 Å². The number of carbonyl (C=O) groups is 2. The van der Waals surface area contributed by atoms with Gasteiger partial charge in [0.05, 0.1) is 0 Å². The van der Waals surface area contributed by atoms with Crippen LogP contribution in [0.3, 0.4) is 0 Å². The monoisotopic (exact) mass is 1110 g/mol. The highest BCUT2D eigenvalue weighted by Crippen LogP contribution is 2.56. The lowest BCUT2D eigenvalue weighted by Crippen LogP contribution is -2.40. The molecule has 6 N–H and O–H groups in total. The van der Waals surface area contributed by atoms with Crippen molar-refractivity contribution in [2.45, 2.75) is 206 Å². The zero-order valence-electron chi connectivity index (χ0n) is 49.0. The van der Waals surface area contributed by atoms with Crippen molar-refractivity contribution in [3.8, 4) is 59.5 Å². The molecule has 9 heteroatoms. The number of ketones is 2. The minimum atomic E-state index is -0.635. The minimum absolute atomic E-state index is 0. The number of carbonyl (C=O) groups excluding carboxylic acids is 2. The van der Waals surface area contributed by atoms with Crippen molar-refractivity contribution >= 4 is 25.1 Å². The van der Waals surface area contributed by atoms with Gasteiger partial charge >= 0.3 is 0 Å². The van der Waals surface area contributed by atoms with Gasteiger partial charge in [-0.15, -0.1) is 18.8 Å². The number of fused-ring (bicyclic) bond motifs is 12. The maximum Gasteiger partial charge on any atom is 0.211 e. The SMILES string of the molecule is C#CC(=O)[C@@]1(C)CCC2c3ccc(O)cc3CCC2C1.C#C[C@H](O)[C@@]1(C)CCC2c3ccc(O)cc3CCC2C1.CC#CC(O)[C@@]1(C)CCC2c3ccc(O)cc3CCC2C1.CC(=O)[C@@]1(C)CCC2c3ccc(O)cc3CCC2C1.S. The number of aliphatic hydroxyl groups is 2. The molecule has 12 rings (SSSR count). The Morgan fingerprint density at radius 3 is 1.15 bits per heavy atom. The summed E-state index contributed by atoms with van der Waals surface area (Å²) in [6.07, 6.45) is 30.4. The average molecular weight is 1120 g/mol. The molecule has 8 aliphatic rings. The molecule has 4 aromatic rings. The van der Waals surface area contributed by atoms with Crippen molar-refractivity contribution in [2.24, 2.45) is 45.3 Å². The fourth-order valence-corrected chi connectivity index (χ4v) is 16.8. The number of rotatable bonds is 4. The zero-order chi connectivity index (χ0) is 57.3. The number of phenolic OH excluding ortho intramolecular Hbond substituents is 4. The third kappa shape index (κ3) is 13.0. The Kier molecular flexibility index (Phi) is 19.0. The summed E-state index contributed by atoms with van der Waals surface area (Å²) >= 11 is 0. The predicted molar refractivity (Wildman–Crippen MR) is 328 cm³/mol. The second-order valence-electron chi connectivity index (χ2n) is 26.9. The molecule has 4 fully saturated rings. The van der Waals surface area contributed by atoms with Gasteiger partial charge in [-0.2, -0.15) is 13.5 Å². The highest BCUT2D eigenvalue weighted by molar-refractivity contribution is 7.59. The lowest BCUT2D eigenvalue weighted by atomic mass is 9.59. The van der Waals surface area contributed by atoms with Crippen LogP contribution in [0.2, 0.25) is 0 Å². The molecule has 4 aromatic carbocycles. The molecule has 0 aromatic heterocycles. The molecular weight excluding hydrogens is 1020 g/mol. The lowest BCUT2D eigenvalue weighted by molar-refractivity contribution is -0.128. The van der Waals surface area contributed by atoms with Crippen molar-refractivity contribution in [1.82, 2.24) is 0 Å². The van der Waals surface area contributed by atoms with Crippen molar-refractivity contribution in [1.29, 1.82) is 0 Å². The zero-order valence-corrected chi connectivity index (χ0v) is 50.0. The molecule has 9 unspecified atom stereocenters. The first kappa shape index (κ1) is 61.4. The minimum Gasteiger partial charge on any atom is -0.508 e. The van der Waals surface area contributed by atoms with Crippen molar-refractivity contribution in [2.75, 3.05) is 0 Å². The molecule has 432 valence electrons. The predicted octanol–water partition coefficient (Wildman–Crippen LogP) is 14.2. The van der Waals surface area contributed by atoms with Crippen LogP contribution >= 0.6 is 13.5 Å². The first-order chi connectivity index (χ1) is 38.1. The third-order valence-corrected chi connectivity index (χ3v) is 21.8. The number of aliphatic hydroxyl groups excluding tert-OH is 2. The van der Waals surface area contributed by atoms with E-state index in [2.05, 4.69) is 68.7 Å². The molecule has 0 bridgehead atoms. The lowest BCUT2D eigenvalue weighted by Gasteiger charge is -2.46. The van der Waals surface area contributed by atoms with Crippen molar-refractivity contribution in [3.05, 3.63) is 117 Å². The van der Waals surface area contributed by atoms with E-state index in [9.17, 15) is 40.2 Å². The van der Waals surface area contributed by atoms with Gasteiger partial charge in [0.25, 0.3) is 0 Å². The summed E-state index contributed by atoms with van der Waals surface area (Å²) < 4.78 is 0. The van der Waals surface area contributed by atoms with Gasteiger partial charge in [-0.1, -0.05) is 63.8 Å². The van der Waals surface area contributed by atoms with E-state index in [4.69, 9.17) is 12.8 Å². The van der Waals surface area contributed by atoms with Crippen molar-refractivity contribution < 1.29 is 40.2 Å². The maximum absolute atomic E-state index is 12.0. The third-order valence-electron chi connectivity index (χ3n) is 21.8. The summed E-state index contributed by atoms with van der Waals surface area (Å²) in [6.45, 7) is 12.0. The Bertz CT molecular complexity index is 3100. The van der Waals surface area contributed by atoms with Crippen molar-refractivity contribution in [3.63, 3.8) is 0 Å². The van der Waals surface area contributed by atoms with Crippen LogP contribution in [0, 0.1) is 81.9 Å². The average Bonchev–Trinajstić information content (AvgIpc) is 3.47. The maximum atomic E-state index is 12.0. The fraction of sp³-hybridized carbons (Fsp3) is 0.556. The van der Waals surface area contributed by atoms with E-state index < -0.39 is 12.2 Å². The Balaban J connectivity index is 0.000000141. The van der Waals surface area contributed by atoms with Gasteiger partial charge in [0.2, 0.25) is 5.78 Å². The van der Waals surface area contributed by atoms with Gasteiger partial charge in [-0.05, 0) is 289 Å². The molecule has 14 atom stereocenters. The van der Waals surface area contributed by atoms with Crippen LogP contribution in [0.15, 0.2) is 72.8 Å². The molecule has 8 nitrogen and oxygen atoms in total. The number of aromatic hydroxyl groups is 4. The van der Waals surface area contributed by atoms with Gasteiger partial charge in [0.1, 0.15) is 41.0 Å². The largest absolute Gasteiger partial charge is 0.508 e. The first-order valence-electron chi connectivity index (χ1n) is 30.1. The molecule has 8 aliphatic carbocycles. The quantitative estimate of drug-likeness (QED) is 0.0872. The Morgan fingerprint density at radius 1 is 0.494 bits per heavy atom. The van der Waals surface area contributed by atoms with Gasteiger partial charge in [0, 0.05) is 21.7 Å². The van der Waals surface area contributed by atoms with E-state index in [1.165, 1.54) is 44.5 Å². The second-order valence-corrected chi connectivity index (χ2v) is 26.9. The summed E-state index contributed by atoms with van der Waals surface area (Å²) in [5.74, 6) is 17.1. The smallest absolute Gasteiger partial charge is 0.211 e. The molecule has 0 aliphatic heterocycles. The first-order valence-corrected chi connectivity index (χ1v) is 30.1. The van der Waals surface area contributed by atoms with Crippen LogP contribution in [0.5, 0.6) is 23.0 Å². The van der Waals surface area contributed by atoms with Crippen LogP contribution in [0.4, 0.5) is 0 Å². The van der Waals surface area contributed by atoms with E-state index >= 15 is 0 Å². The van der Waals surface area contributed by atoms with Gasteiger partial charge in [-0.25, -0.2) is 0 Å². The second kappa shape index (κ2) is 25.1. The van der Waals surface area contributed by atoms with Crippen LogP contribution in [0.1, 0.15) is 212 Å². The molecular formula is C72H90O8S. The molecule has 0 radical (unpaired) electrons. The van der Waals surface area contributed by atoms with Gasteiger partial charge < -0.3 is 30.6 Å². The van der Waals surface area contributed by atoms with Gasteiger partial charge in [0.15, 0.2) is 0 Å². The number of benzene rings is 4. The number of aryl methyl sites for hydroxylation is 4. The van der Waals surface area contributed by atoms with Crippen LogP contribution in [-0.4, -0.2) is 54.4 Å². The molecule has 4 saturated carbocycles. The van der Waals surface area contributed by atoms with E-state index in [1.807, 2.05) is 37.3 Å². The van der Waals surface area contributed by atoms with Gasteiger partial charge in [-0.3, -0.25) is 9.59 Å². The van der Waals surface area contributed by atoms with E-state index in [-0.39, 0.29) is 40.9 Å². The Hall–Kier alpha value is -5.63. The number of hydrogen-bond acceptors (Lipinski definition) is 8. The summed E-state index contributed by atoms with van der Waals surface area (Å²) in [5.41, 5.74) is 10.2. The van der Waals surface area contributed by atoms with E-state index in [1.54, 1.807) is 32.0 Å². The number of Topliss-reactive ketones (excluding diaryl/α,β-unsaturated/α-hetero) is 2.